The monoisotopic (exact) mass is 322 g/mol. The summed E-state index contributed by atoms with van der Waals surface area (Å²) in [5.74, 6) is 0. The van der Waals surface area contributed by atoms with Gasteiger partial charge in [-0.15, -0.1) is 0 Å². The second-order valence-corrected chi connectivity index (χ2v) is 5.15. The van der Waals surface area contributed by atoms with E-state index in [1.165, 1.54) is 4.68 Å². The zero-order valence-corrected chi connectivity index (χ0v) is 12.5. The third-order valence-corrected chi connectivity index (χ3v) is 3.30. The van der Waals surface area contributed by atoms with Gasteiger partial charge < -0.3 is 4.90 Å². The van der Waals surface area contributed by atoms with E-state index in [1.807, 2.05) is 24.9 Å². The maximum absolute atomic E-state index is 12.0. The van der Waals surface area contributed by atoms with Crippen molar-refractivity contribution in [3.8, 4) is 0 Å². The van der Waals surface area contributed by atoms with E-state index in [0.29, 0.717) is 6.54 Å². The highest BCUT2D eigenvalue weighted by molar-refractivity contribution is 9.10. The molecular weight excluding hydrogens is 308 g/mol. The van der Waals surface area contributed by atoms with Crippen molar-refractivity contribution < 1.29 is 0 Å². The van der Waals surface area contributed by atoms with Crippen molar-refractivity contribution in [1.29, 1.82) is 0 Å². The molecule has 0 aliphatic rings. The first-order valence-corrected chi connectivity index (χ1v) is 6.77. The van der Waals surface area contributed by atoms with Gasteiger partial charge in [0.2, 0.25) is 0 Å². The summed E-state index contributed by atoms with van der Waals surface area (Å²) in [7, 11) is 1.93. The number of rotatable bonds is 4. The van der Waals surface area contributed by atoms with E-state index in [0.717, 1.165) is 22.3 Å². The van der Waals surface area contributed by atoms with Crippen molar-refractivity contribution in [2.24, 2.45) is 0 Å². The first-order chi connectivity index (χ1) is 9.10. The number of aromatic nitrogens is 3. The van der Waals surface area contributed by atoms with Crippen molar-refractivity contribution in [2.75, 3.05) is 18.5 Å². The summed E-state index contributed by atoms with van der Waals surface area (Å²) in [6.45, 7) is 3.28. The second kappa shape index (κ2) is 5.97. The minimum atomic E-state index is -0.113. The molecule has 0 amide bonds. The minimum absolute atomic E-state index is 0.113. The molecule has 0 spiro atoms. The maximum Gasteiger partial charge on any atom is 0.269 e. The van der Waals surface area contributed by atoms with E-state index in [2.05, 4.69) is 26.0 Å². The Bertz CT molecular complexity index is 626. The molecule has 0 aliphatic carbocycles. The van der Waals surface area contributed by atoms with E-state index in [-0.39, 0.29) is 5.56 Å². The van der Waals surface area contributed by atoms with Gasteiger partial charge in [-0.1, -0.05) is 0 Å². The fraction of sp³-hybridized carbons (Fsp3) is 0.308. The van der Waals surface area contributed by atoms with Crippen molar-refractivity contribution in [3.63, 3.8) is 0 Å². The van der Waals surface area contributed by atoms with Gasteiger partial charge in [0.15, 0.2) is 0 Å². The van der Waals surface area contributed by atoms with Crippen LogP contribution in [0.25, 0.3) is 0 Å². The number of anilines is 1. The predicted octanol–water partition coefficient (Wildman–Crippen LogP) is 1.91. The van der Waals surface area contributed by atoms with E-state index >= 15 is 0 Å². The number of nitrogens with zero attached hydrogens (tertiary/aromatic N) is 4. The van der Waals surface area contributed by atoms with Crippen molar-refractivity contribution in [1.82, 2.24) is 14.8 Å². The van der Waals surface area contributed by atoms with E-state index in [1.54, 1.807) is 24.7 Å². The van der Waals surface area contributed by atoms with Crippen LogP contribution in [0.4, 0.5) is 5.69 Å². The first kappa shape index (κ1) is 13.7. The van der Waals surface area contributed by atoms with E-state index in [9.17, 15) is 4.79 Å². The van der Waals surface area contributed by atoms with Crippen LogP contribution in [0.5, 0.6) is 0 Å². The molecule has 0 atom stereocenters. The maximum atomic E-state index is 12.0. The van der Waals surface area contributed by atoms with Gasteiger partial charge in [0.05, 0.1) is 18.4 Å². The van der Waals surface area contributed by atoms with Gasteiger partial charge in [0.1, 0.15) is 0 Å². The van der Waals surface area contributed by atoms with Gasteiger partial charge in [-0.25, -0.2) is 4.68 Å². The first-order valence-electron chi connectivity index (χ1n) is 5.98. The third kappa shape index (κ3) is 3.41. The van der Waals surface area contributed by atoms with Crippen LogP contribution >= 0.6 is 15.9 Å². The summed E-state index contributed by atoms with van der Waals surface area (Å²) in [4.78, 5) is 18.0. The van der Waals surface area contributed by atoms with Crippen molar-refractivity contribution in [3.05, 3.63) is 51.1 Å². The normalized spacial score (nSPS) is 10.5. The van der Waals surface area contributed by atoms with Crippen molar-refractivity contribution in [2.45, 2.75) is 13.5 Å². The SMILES string of the molecule is CCN(C)c1cnn(Cc2cncc(Br)c2)c(=O)c1. The van der Waals surface area contributed by atoms with Crippen LogP contribution in [0.2, 0.25) is 0 Å². The van der Waals surface area contributed by atoms with Crippen LogP contribution in [-0.4, -0.2) is 28.4 Å². The average Bonchev–Trinajstić information content (AvgIpc) is 2.40. The number of halogens is 1. The summed E-state index contributed by atoms with van der Waals surface area (Å²) in [5.41, 5.74) is 1.65. The van der Waals surface area contributed by atoms with Crippen LogP contribution in [0.15, 0.2) is 40.0 Å². The highest BCUT2D eigenvalue weighted by Gasteiger charge is 2.04. The van der Waals surface area contributed by atoms with Crippen LogP contribution in [0.3, 0.4) is 0 Å². The zero-order valence-electron chi connectivity index (χ0n) is 10.9. The average molecular weight is 323 g/mol. The lowest BCUT2D eigenvalue weighted by atomic mass is 10.3. The molecule has 0 N–H and O–H groups in total. The standard InChI is InChI=1S/C13H15BrN4O/c1-3-17(2)12-5-13(19)18(16-8-12)9-10-4-11(14)7-15-6-10/h4-8H,3,9H2,1-2H3. The highest BCUT2D eigenvalue weighted by Crippen LogP contribution is 2.10. The largest absolute Gasteiger partial charge is 0.373 e. The third-order valence-electron chi connectivity index (χ3n) is 2.86. The molecule has 2 aromatic rings. The topological polar surface area (TPSA) is 51.0 Å². The van der Waals surface area contributed by atoms with Gasteiger partial charge in [-0.2, -0.15) is 5.10 Å². The Kier molecular flexibility index (Phi) is 4.31. The second-order valence-electron chi connectivity index (χ2n) is 4.24. The fourth-order valence-corrected chi connectivity index (χ4v) is 2.06. The van der Waals surface area contributed by atoms with Crippen LogP contribution in [-0.2, 0) is 6.54 Å². The Morgan fingerprint density at radius 2 is 2.11 bits per heavy atom. The number of hydrogen-bond donors (Lipinski definition) is 0. The van der Waals surface area contributed by atoms with Gasteiger partial charge in [-0.05, 0) is 34.5 Å². The molecule has 0 fully saturated rings. The molecule has 100 valence electrons. The van der Waals surface area contributed by atoms with E-state index < -0.39 is 0 Å². The molecule has 2 heterocycles. The lowest BCUT2D eigenvalue weighted by molar-refractivity contribution is 0.636. The number of hydrogen-bond acceptors (Lipinski definition) is 4. The summed E-state index contributed by atoms with van der Waals surface area (Å²) in [6, 6.07) is 3.52. The molecule has 2 aromatic heterocycles. The smallest absolute Gasteiger partial charge is 0.269 e. The molecule has 0 aromatic carbocycles. The summed E-state index contributed by atoms with van der Waals surface area (Å²) in [6.07, 6.45) is 5.14. The Hall–Kier alpha value is -1.69. The molecule has 0 unspecified atom stereocenters. The lowest BCUT2D eigenvalue weighted by Gasteiger charge is -2.16. The summed E-state index contributed by atoms with van der Waals surface area (Å²) in [5, 5.41) is 4.19. The Morgan fingerprint density at radius 3 is 2.74 bits per heavy atom. The highest BCUT2D eigenvalue weighted by atomic mass is 79.9. The zero-order chi connectivity index (χ0) is 13.8. The van der Waals surface area contributed by atoms with E-state index in [4.69, 9.17) is 0 Å². The molecule has 0 saturated carbocycles. The molecule has 19 heavy (non-hydrogen) atoms. The molecule has 5 nitrogen and oxygen atoms in total. The molecule has 0 aliphatic heterocycles. The molecular formula is C13H15BrN4O. The fourth-order valence-electron chi connectivity index (χ4n) is 1.65. The Labute approximate surface area is 120 Å². The Morgan fingerprint density at radius 1 is 1.32 bits per heavy atom. The summed E-state index contributed by atoms with van der Waals surface area (Å²) < 4.78 is 2.32. The van der Waals surface area contributed by atoms with Crippen LogP contribution in [0.1, 0.15) is 12.5 Å². The molecule has 0 saturated heterocycles. The van der Waals surface area contributed by atoms with Crippen LogP contribution in [0, 0.1) is 0 Å². The molecule has 2 rings (SSSR count). The molecule has 0 radical (unpaired) electrons. The lowest BCUT2D eigenvalue weighted by Crippen LogP contribution is -2.26. The molecule has 0 bridgehead atoms. The van der Waals surface area contributed by atoms with Crippen molar-refractivity contribution >= 4 is 21.6 Å². The van der Waals surface area contributed by atoms with Gasteiger partial charge in [-0.3, -0.25) is 9.78 Å². The minimum Gasteiger partial charge on any atom is -0.373 e. The predicted molar refractivity (Wildman–Crippen MR) is 78.5 cm³/mol. The Balaban J connectivity index is 2.25. The molecule has 6 heteroatoms. The summed E-state index contributed by atoms with van der Waals surface area (Å²) >= 11 is 3.36. The van der Waals surface area contributed by atoms with Gasteiger partial charge in [0.25, 0.3) is 5.56 Å². The quantitative estimate of drug-likeness (QED) is 0.862. The van der Waals surface area contributed by atoms with Crippen LogP contribution < -0.4 is 10.5 Å². The van der Waals surface area contributed by atoms with Gasteiger partial charge >= 0.3 is 0 Å². The number of pyridine rings is 1. The van der Waals surface area contributed by atoms with Gasteiger partial charge in [0, 0.05) is 36.5 Å².